The van der Waals surface area contributed by atoms with E-state index in [1.807, 2.05) is 6.92 Å². The Hall–Kier alpha value is -1.16. The number of fused-ring (bicyclic) bond motifs is 1. The highest BCUT2D eigenvalue weighted by molar-refractivity contribution is 5.22. The van der Waals surface area contributed by atoms with Crippen LogP contribution in [0.2, 0.25) is 0 Å². The third-order valence-corrected chi connectivity index (χ3v) is 5.13. The second-order valence-corrected chi connectivity index (χ2v) is 6.66. The molecule has 116 valence electrons. The standard InChI is InChI=1S/C17H26N2O2/c1-3-21-17(10-8-12(2)9-11-17)16-18-14-7-5-4-6-13(14)15(20)19-16/h12H,3-11H2,1-2H3,(H,18,19,20). The number of nitrogens with zero attached hydrogens (tertiary/aromatic N) is 1. The van der Waals surface area contributed by atoms with Gasteiger partial charge < -0.3 is 9.72 Å². The number of aromatic nitrogens is 2. The fourth-order valence-electron chi connectivity index (χ4n) is 3.77. The van der Waals surface area contributed by atoms with E-state index in [2.05, 4.69) is 11.9 Å². The first-order chi connectivity index (χ1) is 10.1. The van der Waals surface area contributed by atoms with Crippen molar-refractivity contribution in [3.8, 4) is 0 Å². The van der Waals surface area contributed by atoms with Gasteiger partial charge >= 0.3 is 0 Å². The Bertz CT molecular complexity index is 556. The monoisotopic (exact) mass is 290 g/mol. The molecule has 1 N–H and O–H groups in total. The maximum absolute atomic E-state index is 12.4. The van der Waals surface area contributed by atoms with Crippen LogP contribution in [0.3, 0.4) is 0 Å². The zero-order valence-corrected chi connectivity index (χ0v) is 13.2. The Labute approximate surface area is 126 Å². The van der Waals surface area contributed by atoms with Crippen molar-refractivity contribution in [1.29, 1.82) is 0 Å². The molecular formula is C17H26N2O2. The number of nitrogens with one attached hydrogen (secondary N) is 1. The van der Waals surface area contributed by atoms with Gasteiger partial charge in [-0.05, 0) is 64.2 Å². The van der Waals surface area contributed by atoms with Crippen molar-refractivity contribution in [2.24, 2.45) is 5.92 Å². The summed E-state index contributed by atoms with van der Waals surface area (Å²) < 4.78 is 6.12. The topological polar surface area (TPSA) is 55.0 Å². The highest BCUT2D eigenvalue weighted by Gasteiger charge is 2.39. The number of hydrogen-bond acceptors (Lipinski definition) is 3. The van der Waals surface area contributed by atoms with E-state index < -0.39 is 0 Å². The maximum atomic E-state index is 12.4. The minimum absolute atomic E-state index is 0.0624. The summed E-state index contributed by atoms with van der Waals surface area (Å²) in [7, 11) is 0. The molecule has 1 aromatic rings. The van der Waals surface area contributed by atoms with Crippen LogP contribution in [0, 0.1) is 5.92 Å². The first-order valence-corrected chi connectivity index (χ1v) is 8.41. The van der Waals surface area contributed by atoms with Gasteiger partial charge in [0.25, 0.3) is 5.56 Å². The van der Waals surface area contributed by atoms with E-state index in [9.17, 15) is 4.79 Å². The molecule has 0 bridgehead atoms. The van der Waals surface area contributed by atoms with Crippen molar-refractivity contribution in [1.82, 2.24) is 9.97 Å². The summed E-state index contributed by atoms with van der Waals surface area (Å²) in [5, 5.41) is 0. The molecule has 2 aliphatic rings. The van der Waals surface area contributed by atoms with E-state index in [0.29, 0.717) is 6.61 Å². The summed E-state index contributed by atoms with van der Waals surface area (Å²) in [6.07, 6.45) is 8.25. The van der Waals surface area contributed by atoms with Crippen LogP contribution >= 0.6 is 0 Å². The van der Waals surface area contributed by atoms with Gasteiger partial charge in [0.2, 0.25) is 0 Å². The molecule has 21 heavy (non-hydrogen) atoms. The van der Waals surface area contributed by atoms with Crippen LogP contribution in [0.4, 0.5) is 0 Å². The fourth-order valence-corrected chi connectivity index (χ4v) is 3.77. The molecule has 4 heteroatoms. The SMILES string of the molecule is CCOC1(c2nc3c(c(=O)[nH]2)CCCC3)CCC(C)CC1. The van der Waals surface area contributed by atoms with E-state index in [-0.39, 0.29) is 11.2 Å². The third-order valence-electron chi connectivity index (χ3n) is 5.13. The molecule has 2 aliphatic carbocycles. The van der Waals surface area contributed by atoms with Gasteiger partial charge in [0.15, 0.2) is 0 Å². The largest absolute Gasteiger partial charge is 0.367 e. The smallest absolute Gasteiger partial charge is 0.254 e. The zero-order chi connectivity index (χ0) is 14.9. The average molecular weight is 290 g/mol. The van der Waals surface area contributed by atoms with Gasteiger partial charge in [-0.3, -0.25) is 4.79 Å². The number of hydrogen-bond donors (Lipinski definition) is 1. The van der Waals surface area contributed by atoms with Crippen LogP contribution in [-0.2, 0) is 23.2 Å². The molecule has 0 atom stereocenters. The fraction of sp³-hybridized carbons (Fsp3) is 0.765. The van der Waals surface area contributed by atoms with Gasteiger partial charge in [-0.25, -0.2) is 4.98 Å². The van der Waals surface area contributed by atoms with Gasteiger partial charge in [0.1, 0.15) is 11.4 Å². The van der Waals surface area contributed by atoms with Crippen molar-refractivity contribution in [3.63, 3.8) is 0 Å². The quantitative estimate of drug-likeness (QED) is 0.930. The van der Waals surface area contributed by atoms with Gasteiger partial charge in [-0.2, -0.15) is 0 Å². The second kappa shape index (κ2) is 5.91. The molecule has 0 radical (unpaired) electrons. The maximum Gasteiger partial charge on any atom is 0.254 e. The molecule has 0 unspecified atom stereocenters. The minimum atomic E-state index is -0.368. The predicted octanol–water partition coefficient (Wildman–Crippen LogP) is 3.09. The lowest BCUT2D eigenvalue weighted by atomic mass is 9.78. The van der Waals surface area contributed by atoms with Crippen LogP contribution < -0.4 is 5.56 Å². The molecular weight excluding hydrogens is 264 g/mol. The van der Waals surface area contributed by atoms with Crippen molar-refractivity contribution < 1.29 is 4.74 Å². The Morgan fingerprint density at radius 3 is 2.71 bits per heavy atom. The van der Waals surface area contributed by atoms with Gasteiger partial charge in [-0.1, -0.05) is 6.92 Å². The zero-order valence-electron chi connectivity index (χ0n) is 13.2. The molecule has 1 aromatic heterocycles. The molecule has 1 saturated carbocycles. The predicted molar refractivity (Wildman–Crippen MR) is 82.4 cm³/mol. The molecule has 0 spiro atoms. The van der Waals surface area contributed by atoms with Crippen molar-refractivity contribution in [3.05, 3.63) is 27.4 Å². The Morgan fingerprint density at radius 1 is 1.29 bits per heavy atom. The number of aromatic amines is 1. The Balaban J connectivity index is 2.00. The third kappa shape index (κ3) is 2.78. The van der Waals surface area contributed by atoms with Crippen LogP contribution in [0.1, 0.15) is 69.5 Å². The first-order valence-electron chi connectivity index (χ1n) is 8.41. The minimum Gasteiger partial charge on any atom is -0.367 e. The molecule has 0 amide bonds. The number of rotatable bonds is 3. The lowest BCUT2D eigenvalue weighted by Gasteiger charge is -2.38. The van der Waals surface area contributed by atoms with Gasteiger partial charge in [0.05, 0.1) is 5.69 Å². The van der Waals surface area contributed by atoms with E-state index in [0.717, 1.165) is 74.4 Å². The van der Waals surface area contributed by atoms with Crippen LogP contribution in [0.15, 0.2) is 4.79 Å². The van der Waals surface area contributed by atoms with Crippen molar-refractivity contribution >= 4 is 0 Å². The molecule has 3 rings (SSSR count). The molecule has 0 aliphatic heterocycles. The summed E-state index contributed by atoms with van der Waals surface area (Å²) in [5.41, 5.74) is 1.61. The number of aryl methyl sites for hydroxylation is 1. The second-order valence-electron chi connectivity index (χ2n) is 6.66. The first kappa shape index (κ1) is 14.8. The number of H-pyrrole nitrogens is 1. The van der Waals surface area contributed by atoms with E-state index in [1.165, 1.54) is 0 Å². The summed E-state index contributed by atoms with van der Waals surface area (Å²) in [5.74, 6) is 1.52. The average Bonchev–Trinajstić information content (AvgIpc) is 2.50. The van der Waals surface area contributed by atoms with Crippen molar-refractivity contribution in [2.75, 3.05) is 6.61 Å². The molecule has 1 heterocycles. The van der Waals surface area contributed by atoms with E-state index in [1.54, 1.807) is 0 Å². The summed E-state index contributed by atoms with van der Waals surface area (Å²) >= 11 is 0. The summed E-state index contributed by atoms with van der Waals surface area (Å²) in [6, 6.07) is 0. The lowest BCUT2D eigenvalue weighted by molar-refractivity contribution is -0.0840. The van der Waals surface area contributed by atoms with E-state index in [4.69, 9.17) is 9.72 Å². The van der Waals surface area contributed by atoms with Crippen LogP contribution in [-0.4, -0.2) is 16.6 Å². The molecule has 0 aromatic carbocycles. The van der Waals surface area contributed by atoms with Crippen LogP contribution in [0.25, 0.3) is 0 Å². The lowest BCUT2D eigenvalue weighted by Crippen LogP contribution is -2.39. The Kier molecular flexibility index (Phi) is 4.16. The Morgan fingerprint density at radius 2 is 2.00 bits per heavy atom. The van der Waals surface area contributed by atoms with Gasteiger partial charge in [0, 0.05) is 12.2 Å². The van der Waals surface area contributed by atoms with Gasteiger partial charge in [-0.15, -0.1) is 0 Å². The molecule has 1 fully saturated rings. The molecule has 0 saturated heterocycles. The summed E-state index contributed by atoms with van der Waals surface area (Å²) in [4.78, 5) is 20.3. The summed E-state index contributed by atoms with van der Waals surface area (Å²) in [6.45, 7) is 4.98. The van der Waals surface area contributed by atoms with Crippen molar-refractivity contribution in [2.45, 2.75) is 70.8 Å². The highest BCUT2D eigenvalue weighted by Crippen LogP contribution is 2.41. The number of ether oxygens (including phenoxy) is 1. The molecule has 4 nitrogen and oxygen atoms in total. The van der Waals surface area contributed by atoms with E-state index >= 15 is 0 Å². The normalized spacial score (nSPS) is 29.1. The highest BCUT2D eigenvalue weighted by atomic mass is 16.5. The van der Waals surface area contributed by atoms with Crippen LogP contribution in [0.5, 0.6) is 0 Å².